The first-order chi connectivity index (χ1) is 9.43. The Morgan fingerprint density at radius 1 is 1.45 bits per heavy atom. The van der Waals surface area contributed by atoms with E-state index in [1.54, 1.807) is 30.0 Å². The summed E-state index contributed by atoms with van der Waals surface area (Å²) >= 11 is 5.90. The van der Waals surface area contributed by atoms with Crippen molar-refractivity contribution < 1.29 is 19.4 Å². The van der Waals surface area contributed by atoms with Crippen LogP contribution < -0.4 is 4.74 Å². The number of carbonyl (C=O) groups excluding carboxylic acids is 1. The van der Waals surface area contributed by atoms with E-state index in [4.69, 9.17) is 21.4 Å². The van der Waals surface area contributed by atoms with Crippen molar-refractivity contribution >= 4 is 23.5 Å². The molecule has 20 heavy (non-hydrogen) atoms. The van der Waals surface area contributed by atoms with Gasteiger partial charge in [-0.15, -0.1) is 0 Å². The molecule has 0 bridgehead atoms. The minimum atomic E-state index is -0.831. The Morgan fingerprint density at radius 3 is 2.65 bits per heavy atom. The third-order valence-corrected chi connectivity index (χ3v) is 3.92. The standard InChI is InChI=1S/C14H16ClNO4/c1-8(14(18)19)9-6-16(7-9)13(17)11-5-10(15)3-4-12(11)20-2/h3-5,8-9H,6-7H2,1-2H3,(H,18,19). The summed E-state index contributed by atoms with van der Waals surface area (Å²) in [6.07, 6.45) is 0. The Balaban J connectivity index is 2.08. The van der Waals surface area contributed by atoms with Gasteiger partial charge in [0.2, 0.25) is 0 Å². The third-order valence-electron chi connectivity index (χ3n) is 3.69. The number of amides is 1. The van der Waals surface area contributed by atoms with Gasteiger partial charge in [-0.3, -0.25) is 9.59 Å². The number of likely N-dealkylation sites (tertiary alicyclic amines) is 1. The second-order valence-corrected chi connectivity index (χ2v) is 5.38. The van der Waals surface area contributed by atoms with Crippen molar-refractivity contribution in [3.63, 3.8) is 0 Å². The summed E-state index contributed by atoms with van der Waals surface area (Å²) in [5.74, 6) is -0.989. The first kappa shape index (κ1) is 14.7. The second kappa shape index (κ2) is 5.71. The van der Waals surface area contributed by atoms with Crippen LogP contribution in [0.3, 0.4) is 0 Å². The summed E-state index contributed by atoms with van der Waals surface area (Å²) in [5.41, 5.74) is 0.404. The Hall–Kier alpha value is -1.75. The van der Waals surface area contributed by atoms with Crippen molar-refractivity contribution in [1.82, 2.24) is 4.90 Å². The number of rotatable bonds is 4. The number of benzene rings is 1. The van der Waals surface area contributed by atoms with E-state index in [9.17, 15) is 9.59 Å². The number of nitrogens with zero attached hydrogens (tertiary/aromatic N) is 1. The van der Waals surface area contributed by atoms with Crippen LogP contribution in [0.15, 0.2) is 18.2 Å². The average molecular weight is 298 g/mol. The van der Waals surface area contributed by atoms with Crippen LogP contribution in [0.4, 0.5) is 0 Å². The zero-order valence-electron chi connectivity index (χ0n) is 11.3. The van der Waals surface area contributed by atoms with E-state index in [0.29, 0.717) is 29.4 Å². The summed E-state index contributed by atoms with van der Waals surface area (Å²) in [4.78, 5) is 24.8. The maximum Gasteiger partial charge on any atom is 0.306 e. The minimum Gasteiger partial charge on any atom is -0.496 e. The summed E-state index contributed by atoms with van der Waals surface area (Å²) in [7, 11) is 1.49. The highest BCUT2D eigenvalue weighted by Crippen LogP contribution is 2.29. The lowest BCUT2D eigenvalue weighted by atomic mass is 9.86. The molecule has 0 aromatic heterocycles. The van der Waals surface area contributed by atoms with E-state index < -0.39 is 11.9 Å². The van der Waals surface area contributed by atoms with Gasteiger partial charge in [-0.05, 0) is 18.2 Å². The molecule has 0 saturated carbocycles. The SMILES string of the molecule is COc1ccc(Cl)cc1C(=O)N1CC(C(C)C(=O)O)C1. The van der Waals surface area contributed by atoms with Gasteiger partial charge in [0.05, 0.1) is 18.6 Å². The van der Waals surface area contributed by atoms with Gasteiger partial charge >= 0.3 is 5.97 Å². The molecule has 1 saturated heterocycles. The van der Waals surface area contributed by atoms with Crippen LogP contribution >= 0.6 is 11.6 Å². The Kier molecular flexibility index (Phi) is 4.18. The normalized spacial score (nSPS) is 16.4. The van der Waals surface area contributed by atoms with Gasteiger partial charge in [0.15, 0.2) is 0 Å². The van der Waals surface area contributed by atoms with Crippen LogP contribution in [-0.4, -0.2) is 42.1 Å². The van der Waals surface area contributed by atoms with E-state index in [1.165, 1.54) is 7.11 Å². The fourth-order valence-electron chi connectivity index (χ4n) is 2.21. The number of halogens is 1. The molecular formula is C14H16ClNO4. The van der Waals surface area contributed by atoms with Crippen molar-refractivity contribution in [2.45, 2.75) is 6.92 Å². The average Bonchev–Trinajstić information content (AvgIpc) is 2.36. The molecule has 0 radical (unpaired) electrons. The van der Waals surface area contributed by atoms with Crippen LogP contribution in [0, 0.1) is 11.8 Å². The number of hydrogen-bond donors (Lipinski definition) is 1. The quantitative estimate of drug-likeness (QED) is 0.924. The molecule has 1 aliphatic heterocycles. The van der Waals surface area contributed by atoms with Crippen molar-refractivity contribution in [3.8, 4) is 5.75 Å². The van der Waals surface area contributed by atoms with Gasteiger partial charge in [-0.1, -0.05) is 18.5 Å². The van der Waals surface area contributed by atoms with Crippen molar-refractivity contribution in [3.05, 3.63) is 28.8 Å². The zero-order valence-corrected chi connectivity index (χ0v) is 12.1. The zero-order chi connectivity index (χ0) is 14.9. The van der Waals surface area contributed by atoms with Crippen molar-refractivity contribution in [2.24, 2.45) is 11.8 Å². The molecule has 108 valence electrons. The van der Waals surface area contributed by atoms with Crippen LogP contribution in [0.2, 0.25) is 5.02 Å². The predicted octanol–water partition coefficient (Wildman–Crippen LogP) is 2.14. The van der Waals surface area contributed by atoms with Crippen LogP contribution in [0.5, 0.6) is 5.75 Å². The van der Waals surface area contributed by atoms with Gasteiger partial charge in [0.1, 0.15) is 5.75 Å². The molecule has 1 aliphatic rings. The summed E-state index contributed by atoms with van der Waals surface area (Å²) in [5, 5.41) is 9.40. The summed E-state index contributed by atoms with van der Waals surface area (Å²) < 4.78 is 5.15. The first-order valence-corrected chi connectivity index (χ1v) is 6.67. The molecule has 0 aliphatic carbocycles. The molecule has 6 heteroatoms. The minimum absolute atomic E-state index is 0.00151. The topological polar surface area (TPSA) is 66.8 Å². The Bertz CT molecular complexity index is 540. The first-order valence-electron chi connectivity index (χ1n) is 6.29. The molecule has 1 fully saturated rings. The van der Waals surface area contributed by atoms with Crippen molar-refractivity contribution in [2.75, 3.05) is 20.2 Å². The third kappa shape index (κ3) is 2.72. The number of carboxylic acids is 1. The molecule has 2 rings (SSSR count). The number of aliphatic carboxylic acids is 1. The van der Waals surface area contributed by atoms with E-state index in [-0.39, 0.29) is 11.8 Å². The molecule has 1 atom stereocenters. The number of carbonyl (C=O) groups is 2. The second-order valence-electron chi connectivity index (χ2n) is 4.94. The van der Waals surface area contributed by atoms with E-state index in [0.717, 1.165) is 0 Å². The summed E-state index contributed by atoms with van der Waals surface area (Å²) in [6.45, 7) is 2.55. The molecule has 1 aromatic rings. The highest BCUT2D eigenvalue weighted by molar-refractivity contribution is 6.31. The lowest BCUT2D eigenvalue weighted by molar-refractivity contribution is -0.144. The lowest BCUT2D eigenvalue weighted by Crippen LogP contribution is -2.53. The van der Waals surface area contributed by atoms with Gasteiger partial charge in [-0.2, -0.15) is 0 Å². The molecule has 1 aromatic carbocycles. The highest BCUT2D eigenvalue weighted by Gasteiger charge is 2.38. The maximum atomic E-state index is 12.3. The summed E-state index contributed by atoms with van der Waals surface area (Å²) in [6, 6.07) is 4.87. The molecule has 0 spiro atoms. The Morgan fingerprint density at radius 2 is 2.10 bits per heavy atom. The fraction of sp³-hybridized carbons (Fsp3) is 0.429. The molecular weight excluding hydrogens is 282 g/mol. The Labute approximate surface area is 122 Å². The largest absolute Gasteiger partial charge is 0.496 e. The molecule has 5 nitrogen and oxygen atoms in total. The molecule has 1 unspecified atom stereocenters. The smallest absolute Gasteiger partial charge is 0.306 e. The lowest BCUT2D eigenvalue weighted by Gasteiger charge is -2.41. The number of methoxy groups -OCH3 is 1. The van der Waals surface area contributed by atoms with Gasteiger partial charge < -0.3 is 14.7 Å². The van der Waals surface area contributed by atoms with E-state index in [1.807, 2.05) is 0 Å². The number of ether oxygens (including phenoxy) is 1. The van der Waals surface area contributed by atoms with Gasteiger partial charge in [0, 0.05) is 24.0 Å². The monoisotopic (exact) mass is 297 g/mol. The predicted molar refractivity (Wildman–Crippen MR) is 74.2 cm³/mol. The molecule has 1 heterocycles. The number of hydrogen-bond acceptors (Lipinski definition) is 3. The van der Waals surface area contributed by atoms with Gasteiger partial charge in [-0.25, -0.2) is 0 Å². The van der Waals surface area contributed by atoms with Crippen LogP contribution in [-0.2, 0) is 4.79 Å². The van der Waals surface area contributed by atoms with Gasteiger partial charge in [0.25, 0.3) is 5.91 Å². The van der Waals surface area contributed by atoms with Crippen LogP contribution in [0.25, 0.3) is 0 Å². The van der Waals surface area contributed by atoms with Crippen molar-refractivity contribution in [1.29, 1.82) is 0 Å². The van der Waals surface area contributed by atoms with Crippen LogP contribution in [0.1, 0.15) is 17.3 Å². The van der Waals surface area contributed by atoms with E-state index >= 15 is 0 Å². The fourth-order valence-corrected chi connectivity index (χ4v) is 2.39. The molecule has 1 N–H and O–H groups in total. The maximum absolute atomic E-state index is 12.3. The molecule has 1 amide bonds. The number of carboxylic acid groups (broad SMARTS) is 1. The van der Waals surface area contributed by atoms with E-state index in [2.05, 4.69) is 0 Å². The highest BCUT2D eigenvalue weighted by atomic mass is 35.5.